The van der Waals surface area contributed by atoms with Gasteiger partial charge in [-0.15, -0.1) is 6.42 Å². The van der Waals surface area contributed by atoms with Crippen LogP contribution in [0.1, 0.15) is 0 Å². The molecule has 0 N–H and O–H groups in total. The summed E-state index contributed by atoms with van der Waals surface area (Å²) in [5, 5.41) is 0. The molecule has 1 rings (SSSR count). The average molecular weight is 155 g/mol. The van der Waals surface area contributed by atoms with E-state index < -0.39 is 7.29 Å². The molecule has 3 heteroatoms. The van der Waals surface area contributed by atoms with Crippen LogP contribution in [0.25, 0.3) is 0 Å². The van der Waals surface area contributed by atoms with E-state index >= 15 is 0 Å². The Bertz CT molecular complexity index is 261. The largest absolute Gasteiger partial charge is 0.331 e. The SMILES string of the molecule is C#CC1=CN(C)P(C)(=O)C1. The third kappa shape index (κ3) is 1.10. The van der Waals surface area contributed by atoms with E-state index in [1.54, 1.807) is 24.6 Å². The van der Waals surface area contributed by atoms with Gasteiger partial charge in [-0.3, -0.25) is 0 Å². The van der Waals surface area contributed by atoms with Crippen molar-refractivity contribution in [2.24, 2.45) is 0 Å². The van der Waals surface area contributed by atoms with Gasteiger partial charge in [0, 0.05) is 25.5 Å². The Kier molecular flexibility index (Phi) is 1.62. The van der Waals surface area contributed by atoms with Crippen molar-refractivity contribution in [3.63, 3.8) is 0 Å². The number of nitrogens with zero attached hydrogens (tertiary/aromatic N) is 1. The van der Waals surface area contributed by atoms with Crippen LogP contribution in [0.3, 0.4) is 0 Å². The highest BCUT2D eigenvalue weighted by molar-refractivity contribution is 7.61. The molecule has 1 aliphatic rings. The fraction of sp³-hybridized carbons (Fsp3) is 0.429. The summed E-state index contributed by atoms with van der Waals surface area (Å²) in [5.74, 6) is 2.50. The normalized spacial score (nSPS) is 31.7. The van der Waals surface area contributed by atoms with E-state index in [4.69, 9.17) is 6.42 Å². The summed E-state index contributed by atoms with van der Waals surface area (Å²) in [6, 6.07) is 0. The monoisotopic (exact) mass is 155 g/mol. The fourth-order valence-electron chi connectivity index (χ4n) is 0.899. The van der Waals surface area contributed by atoms with Crippen molar-refractivity contribution in [1.29, 1.82) is 0 Å². The molecule has 0 aromatic heterocycles. The van der Waals surface area contributed by atoms with Gasteiger partial charge in [0.05, 0.1) is 6.16 Å². The van der Waals surface area contributed by atoms with Gasteiger partial charge in [-0.1, -0.05) is 5.92 Å². The molecule has 1 heterocycles. The van der Waals surface area contributed by atoms with Gasteiger partial charge < -0.3 is 9.24 Å². The Hall–Kier alpha value is -0.670. The van der Waals surface area contributed by atoms with E-state index in [9.17, 15) is 4.57 Å². The summed E-state index contributed by atoms with van der Waals surface area (Å²) in [6.45, 7) is 1.74. The molecule has 54 valence electrons. The third-order valence-corrected chi connectivity index (χ3v) is 4.04. The molecule has 0 saturated carbocycles. The standard InChI is InChI=1S/C7H10NOP/c1-4-7-5-8(2)10(3,9)6-7/h1,5H,6H2,2-3H3. The van der Waals surface area contributed by atoms with Crippen LogP contribution in [0.2, 0.25) is 0 Å². The molecular formula is C7H10NOP. The predicted octanol–water partition coefficient (Wildman–Crippen LogP) is 1.36. The average Bonchev–Trinajstić information content (AvgIpc) is 2.08. The minimum atomic E-state index is -2.11. The van der Waals surface area contributed by atoms with E-state index in [1.165, 1.54) is 0 Å². The van der Waals surface area contributed by atoms with Crippen LogP contribution in [-0.4, -0.2) is 24.5 Å². The lowest BCUT2D eigenvalue weighted by molar-refractivity contribution is 0.544. The van der Waals surface area contributed by atoms with E-state index in [0.29, 0.717) is 6.16 Å². The van der Waals surface area contributed by atoms with Crippen molar-refractivity contribution < 1.29 is 4.57 Å². The molecule has 2 nitrogen and oxygen atoms in total. The maximum Gasteiger partial charge on any atom is 0.173 e. The quantitative estimate of drug-likeness (QED) is 0.389. The predicted molar refractivity (Wildman–Crippen MR) is 43.1 cm³/mol. The van der Waals surface area contributed by atoms with E-state index in [0.717, 1.165) is 5.57 Å². The van der Waals surface area contributed by atoms with Crippen molar-refractivity contribution >= 4 is 7.29 Å². The summed E-state index contributed by atoms with van der Waals surface area (Å²) in [5.41, 5.74) is 0.841. The zero-order chi connectivity index (χ0) is 7.78. The molecule has 0 bridgehead atoms. The minimum absolute atomic E-state index is 0.556. The third-order valence-electron chi connectivity index (χ3n) is 1.66. The molecule has 0 spiro atoms. The molecule has 0 aliphatic carbocycles. The van der Waals surface area contributed by atoms with Crippen molar-refractivity contribution in [3.8, 4) is 12.3 Å². The zero-order valence-corrected chi connectivity index (χ0v) is 7.06. The Morgan fingerprint density at radius 1 is 1.90 bits per heavy atom. The number of hydrogen-bond donors (Lipinski definition) is 0. The van der Waals surface area contributed by atoms with Gasteiger partial charge in [-0.05, 0) is 0 Å². The maximum absolute atomic E-state index is 11.5. The van der Waals surface area contributed by atoms with Gasteiger partial charge in [0.15, 0.2) is 7.29 Å². The first-order chi connectivity index (χ1) is 4.56. The zero-order valence-electron chi connectivity index (χ0n) is 6.16. The summed E-state index contributed by atoms with van der Waals surface area (Å²) in [6.07, 6.45) is 7.49. The second-order valence-corrected chi connectivity index (χ2v) is 5.63. The van der Waals surface area contributed by atoms with Gasteiger partial charge in [0.2, 0.25) is 0 Å². The van der Waals surface area contributed by atoms with Gasteiger partial charge in [0.25, 0.3) is 0 Å². The van der Waals surface area contributed by atoms with Crippen molar-refractivity contribution in [2.45, 2.75) is 0 Å². The lowest BCUT2D eigenvalue weighted by Gasteiger charge is -2.15. The highest BCUT2D eigenvalue weighted by Crippen LogP contribution is 2.50. The minimum Gasteiger partial charge on any atom is -0.331 e. The van der Waals surface area contributed by atoms with Crippen LogP contribution in [0.15, 0.2) is 11.8 Å². The second kappa shape index (κ2) is 2.18. The number of terminal acetylenes is 1. The number of allylic oxidation sites excluding steroid dienone is 1. The topological polar surface area (TPSA) is 20.3 Å². The Balaban J connectivity index is 2.89. The molecule has 0 aromatic rings. The Morgan fingerprint density at radius 3 is 2.70 bits per heavy atom. The molecule has 0 aromatic carbocycles. The van der Waals surface area contributed by atoms with Crippen molar-refractivity contribution in [1.82, 2.24) is 4.67 Å². The van der Waals surface area contributed by atoms with Gasteiger partial charge in [-0.2, -0.15) is 0 Å². The molecule has 1 atom stereocenters. The van der Waals surface area contributed by atoms with Crippen LogP contribution in [0.4, 0.5) is 0 Å². The van der Waals surface area contributed by atoms with Crippen LogP contribution in [0.5, 0.6) is 0 Å². The molecule has 0 fully saturated rings. The summed E-state index contributed by atoms with van der Waals surface area (Å²) < 4.78 is 13.2. The first-order valence-corrected chi connectivity index (χ1v) is 5.32. The maximum atomic E-state index is 11.5. The lowest BCUT2D eigenvalue weighted by atomic mass is 10.3. The summed E-state index contributed by atoms with van der Waals surface area (Å²) in [4.78, 5) is 0. The molecule has 0 radical (unpaired) electrons. The van der Waals surface area contributed by atoms with E-state index in [2.05, 4.69) is 5.92 Å². The number of hydrogen-bond acceptors (Lipinski definition) is 1. The first kappa shape index (κ1) is 7.44. The molecule has 0 amide bonds. The molecule has 10 heavy (non-hydrogen) atoms. The fourth-order valence-corrected chi connectivity index (χ4v) is 2.31. The van der Waals surface area contributed by atoms with Gasteiger partial charge >= 0.3 is 0 Å². The summed E-state index contributed by atoms with van der Waals surface area (Å²) >= 11 is 0. The molecule has 1 aliphatic heterocycles. The molecular weight excluding hydrogens is 145 g/mol. The Labute approximate surface area is 61.3 Å². The van der Waals surface area contributed by atoms with Gasteiger partial charge in [0.1, 0.15) is 0 Å². The summed E-state index contributed by atoms with van der Waals surface area (Å²) in [7, 11) is -0.312. The second-order valence-electron chi connectivity index (χ2n) is 2.58. The smallest absolute Gasteiger partial charge is 0.173 e. The van der Waals surface area contributed by atoms with E-state index in [-0.39, 0.29) is 0 Å². The van der Waals surface area contributed by atoms with Crippen LogP contribution in [-0.2, 0) is 4.57 Å². The lowest BCUT2D eigenvalue weighted by Crippen LogP contribution is -2.01. The van der Waals surface area contributed by atoms with E-state index in [1.807, 2.05) is 0 Å². The van der Waals surface area contributed by atoms with Crippen LogP contribution >= 0.6 is 7.29 Å². The van der Waals surface area contributed by atoms with Crippen LogP contribution in [0, 0.1) is 12.3 Å². The first-order valence-electron chi connectivity index (χ1n) is 3.03. The van der Waals surface area contributed by atoms with Gasteiger partial charge in [-0.25, -0.2) is 0 Å². The highest BCUT2D eigenvalue weighted by Gasteiger charge is 2.26. The van der Waals surface area contributed by atoms with Crippen LogP contribution < -0.4 is 0 Å². The molecule has 0 saturated heterocycles. The Morgan fingerprint density at radius 2 is 2.50 bits per heavy atom. The van der Waals surface area contributed by atoms with Crippen molar-refractivity contribution in [2.75, 3.05) is 19.9 Å². The molecule has 1 unspecified atom stereocenters. The highest BCUT2D eigenvalue weighted by atomic mass is 31.2. The van der Waals surface area contributed by atoms with Crippen molar-refractivity contribution in [3.05, 3.63) is 11.8 Å². The number of rotatable bonds is 0.